The summed E-state index contributed by atoms with van der Waals surface area (Å²) in [5.74, 6) is 0.687. The van der Waals surface area contributed by atoms with Crippen molar-refractivity contribution in [3.63, 3.8) is 0 Å². The molecular formula is C16H17N5. The highest BCUT2D eigenvalue weighted by Crippen LogP contribution is 2.24. The van der Waals surface area contributed by atoms with Crippen molar-refractivity contribution in [1.29, 1.82) is 0 Å². The molecular weight excluding hydrogens is 262 g/mol. The maximum Gasteiger partial charge on any atom is 0.187 e. The topological polar surface area (TPSA) is 69.6 Å². The number of aromatic nitrogens is 4. The van der Waals surface area contributed by atoms with Crippen LogP contribution in [0.1, 0.15) is 16.7 Å². The van der Waals surface area contributed by atoms with Crippen molar-refractivity contribution in [2.24, 2.45) is 0 Å². The van der Waals surface area contributed by atoms with Gasteiger partial charge in [-0.3, -0.25) is 0 Å². The molecule has 0 aliphatic carbocycles. The van der Waals surface area contributed by atoms with Crippen LogP contribution in [-0.4, -0.2) is 20.2 Å². The highest BCUT2D eigenvalue weighted by Gasteiger charge is 2.12. The van der Waals surface area contributed by atoms with E-state index in [4.69, 9.17) is 5.73 Å². The zero-order valence-corrected chi connectivity index (χ0v) is 12.3. The molecule has 3 rings (SSSR count). The molecule has 0 bridgehead atoms. The first kappa shape index (κ1) is 13.3. The lowest BCUT2D eigenvalue weighted by Gasteiger charge is -2.08. The fourth-order valence-corrected chi connectivity index (χ4v) is 2.39. The van der Waals surface area contributed by atoms with Crippen molar-refractivity contribution >= 4 is 5.69 Å². The van der Waals surface area contributed by atoms with Gasteiger partial charge in [-0.25, -0.2) is 0 Å². The number of nitrogens with two attached hydrogens (primary N) is 1. The summed E-state index contributed by atoms with van der Waals surface area (Å²) in [4.78, 5) is 0. The van der Waals surface area contributed by atoms with Crippen molar-refractivity contribution in [3.8, 4) is 17.1 Å². The van der Waals surface area contributed by atoms with Crippen LogP contribution in [0.2, 0.25) is 0 Å². The van der Waals surface area contributed by atoms with E-state index in [9.17, 15) is 0 Å². The van der Waals surface area contributed by atoms with E-state index >= 15 is 0 Å². The van der Waals surface area contributed by atoms with E-state index < -0.39 is 0 Å². The molecule has 3 aromatic rings. The number of rotatable bonds is 2. The van der Waals surface area contributed by atoms with Crippen LogP contribution < -0.4 is 5.73 Å². The average Bonchev–Trinajstić information content (AvgIpc) is 2.90. The number of hydrogen-bond acceptors (Lipinski definition) is 4. The lowest BCUT2D eigenvalue weighted by Crippen LogP contribution is -2.01. The van der Waals surface area contributed by atoms with E-state index in [0.717, 1.165) is 22.5 Å². The quantitative estimate of drug-likeness (QED) is 0.732. The molecule has 0 aliphatic rings. The minimum atomic E-state index is 0.687. The molecule has 2 N–H and O–H groups in total. The van der Waals surface area contributed by atoms with E-state index in [2.05, 4.69) is 47.6 Å². The standard InChI is InChI=1S/C16H17N5/c1-10-6-11(2)8-14(7-10)21-16(18-19-20-21)13-5-4-12(3)15(17)9-13/h4-9H,17H2,1-3H3. The van der Waals surface area contributed by atoms with Crippen LogP contribution in [0.5, 0.6) is 0 Å². The van der Waals surface area contributed by atoms with Gasteiger partial charge in [0, 0.05) is 11.3 Å². The van der Waals surface area contributed by atoms with Gasteiger partial charge in [-0.05, 0) is 66.1 Å². The lowest BCUT2D eigenvalue weighted by molar-refractivity contribution is 0.790. The number of tetrazole rings is 1. The van der Waals surface area contributed by atoms with Crippen molar-refractivity contribution < 1.29 is 0 Å². The van der Waals surface area contributed by atoms with Crippen LogP contribution in [-0.2, 0) is 0 Å². The van der Waals surface area contributed by atoms with Crippen molar-refractivity contribution in [1.82, 2.24) is 20.2 Å². The van der Waals surface area contributed by atoms with Gasteiger partial charge in [0.05, 0.1) is 5.69 Å². The van der Waals surface area contributed by atoms with Crippen LogP contribution in [0, 0.1) is 20.8 Å². The Bertz CT molecular complexity index is 784. The maximum atomic E-state index is 5.99. The van der Waals surface area contributed by atoms with Crippen molar-refractivity contribution in [2.75, 3.05) is 5.73 Å². The fourth-order valence-electron chi connectivity index (χ4n) is 2.39. The van der Waals surface area contributed by atoms with Crippen molar-refractivity contribution in [2.45, 2.75) is 20.8 Å². The molecule has 5 nitrogen and oxygen atoms in total. The van der Waals surface area contributed by atoms with Crippen LogP contribution in [0.4, 0.5) is 5.69 Å². The third-order valence-electron chi connectivity index (χ3n) is 3.46. The van der Waals surface area contributed by atoms with Crippen LogP contribution in [0.15, 0.2) is 36.4 Å². The van der Waals surface area contributed by atoms with Gasteiger partial charge in [0.2, 0.25) is 0 Å². The molecule has 5 heteroatoms. The van der Waals surface area contributed by atoms with E-state index in [1.54, 1.807) is 4.68 Å². The summed E-state index contributed by atoms with van der Waals surface area (Å²) in [5.41, 5.74) is 12.0. The van der Waals surface area contributed by atoms with Gasteiger partial charge in [-0.2, -0.15) is 4.68 Å². The molecule has 2 aromatic carbocycles. The van der Waals surface area contributed by atoms with E-state index in [1.807, 2.05) is 25.1 Å². The van der Waals surface area contributed by atoms with E-state index in [0.29, 0.717) is 5.82 Å². The summed E-state index contributed by atoms with van der Waals surface area (Å²) < 4.78 is 1.74. The maximum absolute atomic E-state index is 5.99. The Morgan fingerprint density at radius 1 is 0.952 bits per heavy atom. The largest absolute Gasteiger partial charge is 0.398 e. The monoisotopic (exact) mass is 279 g/mol. The Balaban J connectivity index is 2.14. The summed E-state index contributed by atoms with van der Waals surface area (Å²) in [6.07, 6.45) is 0. The SMILES string of the molecule is Cc1cc(C)cc(-n2nnnc2-c2ccc(C)c(N)c2)c1. The number of nitrogens with zero attached hydrogens (tertiary/aromatic N) is 4. The van der Waals surface area contributed by atoms with Gasteiger partial charge < -0.3 is 5.73 Å². The molecule has 0 aliphatic heterocycles. The van der Waals surface area contributed by atoms with Crippen LogP contribution >= 0.6 is 0 Å². The molecule has 0 spiro atoms. The predicted molar refractivity (Wildman–Crippen MR) is 83.2 cm³/mol. The van der Waals surface area contributed by atoms with Gasteiger partial charge in [0.15, 0.2) is 5.82 Å². The second kappa shape index (κ2) is 5.01. The molecule has 0 saturated carbocycles. The molecule has 0 radical (unpaired) electrons. The molecule has 1 heterocycles. The zero-order valence-electron chi connectivity index (χ0n) is 12.3. The Kier molecular flexibility index (Phi) is 3.17. The zero-order chi connectivity index (χ0) is 15.0. The second-order valence-corrected chi connectivity index (χ2v) is 5.33. The molecule has 0 atom stereocenters. The predicted octanol–water partition coefficient (Wildman–Crippen LogP) is 2.84. The first-order chi connectivity index (χ1) is 10.0. The lowest BCUT2D eigenvalue weighted by atomic mass is 10.1. The Hall–Kier alpha value is -2.69. The summed E-state index contributed by atoms with van der Waals surface area (Å²) in [6.45, 7) is 6.10. The summed E-state index contributed by atoms with van der Waals surface area (Å²) in [7, 11) is 0. The summed E-state index contributed by atoms with van der Waals surface area (Å²) in [6, 6.07) is 12.1. The number of hydrogen-bond donors (Lipinski definition) is 1. The Morgan fingerprint density at radius 3 is 2.33 bits per heavy atom. The molecule has 0 saturated heterocycles. The molecule has 0 amide bonds. The van der Waals surface area contributed by atoms with Gasteiger partial charge >= 0.3 is 0 Å². The highest BCUT2D eigenvalue weighted by atomic mass is 15.5. The Morgan fingerprint density at radius 2 is 1.67 bits per heavy atom. The smallest absolute Gasteiger partial charge is 0.187 e. The number of benzene rings is 2. The fraction of sp³-hybridized carbons (Fsp3) is 0.188. The molecule has 21 heavy (non-hydrogen) atoms. The third-order valence-corrected chi connectivity index (χ3v) is 3.46. The summed E-state index contributed by atoms with van der Waals surface area (Å²) in [5, 5.41) is 12.1. The highest BCUT2D eigenvalue weighted by molar-refractivity contribution is 5.64. The summed E-state index contributed by atoms with van der Waals surface area (Å²) >= 11 is 0. The average molecular weight is 279 g/mol. The number of anilines is 1. The number of aryl methyl sites for hydroxylation is 3. The van der Waals surface area contributed by atoms with Gasteiger partial charge in [-0.1, -0.05) is 18.2 Å². The van der Waals surface area contributed by atoms with Crippen LogP contribution in [0.3, 0.4) is 0 Å². The number of nitrogen functional groups attached to an aromatic ring is 1. The molecule has 1 aromatic heterocycles. The van der Waals surface area contributed by atoms with Gasteiger partial charge in [0.1, 0.15) is 0 Å². The van der Waals surface area contributed by atoms with Crippen molar-refractivity contribution in [3.05, 3.63) is 53.1 Å². The normalized spacial score (nSPS) is 10.8. The molecule has 0 fully saturated rings. The van der Waals surface area contributed by atoms with Crippen LogP contribution in [0.25, 0.3) is 17.1 Å². The Labute approximate surface area is 123 Å². The minimum absolute atomic E-state index is 0.687. The minimum Gasteiger partial charge on any atom is -0.398 e. The third kappa shape index (κ3) is 2.50. The van der Waals surface area contributed by atoms with E-state index in [1.165, 1.54) is 11.1 Å². The molecule has 106 valence electrons. The first-order valence-corrected chi connectivity index (χ1v) is 6.78. The van der Waals surface area contributed by atoms with E-state index in [-0.39, 0.29) is 0 Å². The molecule has 0 unspecified atom stereocenters. The van der Waals surface area contributed by atoms with Gasteiger partial charge in [0.25, 0.3) is 0 Å². The van der Waals surface area contributed by atoms with Gasteiger partial charge in [-0.15, -0.1) is 5.10 Å². The first-order valence-electron chi connectivity index (χ1n) is 6.78. The second-order valence-electron chi connectivity index (χ2n) is 5.33.